The standard InChI is InChI=1S/C14H13NO2/c1-3-5-11(15)13(16)12-8-10-7-4-6-9(2)14(10)17-12/h1,4,6-8,11H,5,15H2,2H3. The van der Waals surface area contributed by atoms with Gasteiger partial charge in [0, 0.05) is 11.8 Å². The summed E-state index contributed by atoms with van der Waals surface area (Å²) in [6, 6.07) is 6.77. The number of ketones is 1. The zero-order valence-corrected chi connectivity index (χ0v) is 9.57. The Balaban J connectivity index is 2.41. The molecule has 1 aromatic heterocycles. The molecule has 0 spiro atoms. The highest BCUT2D eigenvalue weighted by atomic mass is 16.3. The molecule has 0 saturated carbocycles. The first kappa shape index (κ1) is 11.4. The SMILES string of the molecule is C#CCC(N)C(=O)c1cc2cccc(C)c2o1. The summed E-state index contributed by atoms with van der Waals surface area (Å²) in [5, 5.41) is 0.904. The third kappa shape index (κ3) is 2.08. The lowest BCUT2D eigenvalue weighted by molar-refractivity contribution is 0.0937. The Labute approximate surface area is 99.6 Å². The van der Waals surface area contributed by atoms with E-state index >= 15 is 0 Å². The molecule has 1 atom stereocenters. The minimum absolute atomic E-state index is 0.217. The van der Waals surface area contributed by atoms with Gasteiger partial charge in [-0.1, -0.05) is 18.2 Å². The van der Waals surface area contributed by atoms with E-state index in [0.29, 0.717) is 0 Å². The fourth-order valence-electron chi connectivity index (χ4n) is 1.73. The van der Waals surface area contributed by atoms with Crippen molar-refractivity contribution in [3.63, 3.8) is 0 Å². The number of hydrogen-bond donors (Lipinski definition) is 1. The van der Waals surface area contributed by atoms with Gasteiger partial charge in [-0.3, -0.25) is 4.79 Å². The summed E-state index contributed by atoms with van der Waals surface area (Å²) in [7, 11) is 0. The number of furan rings is 1. The molecule has 0 amide bonds. The second-order valence-corrected chi connectivity index (χ2v) is 3.98. The number of benzene rings is 1. The van der Waals surface area contributed by atoms with Gasteiger partial charge in [-0.15, -0.1) is 12.3 Å². The fourth-order valence-corrected chi connectivity index (χ4v) is 1.73. The predicted molar refractivity (Wildman–Crippen MR) is 66.7 cm³/mol. The highest BCUT2D eigenvalue weighted by Crippen LogP contribution is 2.23. The third-order valence-electron chi connectivity index (χ3n) is 2.66. The van der Waals surface area contributed by atoms with Crippen LogP contribution in [0.15, 0.2) is 28.7 Å². The largest absolute Gasteiger partial charge is 0.453 e. The summed E-state index contributed by atoms with van der Waals surface area (Å²) in [6.45, 7) is 1.93. The number of hydrogen-bond acceptors (Lipinski definition) is 3. The number of carbonyl (C=O) groups is 1. The second-order valence-electron chi connectivity index (χ2n) is 3.98. The van der Waals surface area contributed by atoms with E-state index in [1.165, 1.54) is 0 Å². The van der Waals surface area contributed by atoms with Crippen LogP contribution in [0, 0.1) is 19.3 Å². The number of aryl methyl sites for hydroxylation is 1. The van der Waals surface area contributed by atoms with E-state index < -0.39 is 6.04 Å². The first-order valence-corrected chi connectivity index (χ1v) is 5.36. The normalized spacial score (nSPS) is 12.3. The third-order valence-corrected chi connectivity index (χ3v) is 2.66. The Morgan fingerprint density at radius 1 is 1.59 bits per heavy atom. The topological polar surface area (TPSA) is 56.2 Å². The molecule has 2 aromatic rings. The van der Waals surface area contributed by atoms with Gasteiger partial charge in [0.2, 0.25) is 5.78 Å². The van der Waals surface area contributed by atoms with Gasteiger partial charge in [0.25, 0.3) is 0 Å². The van der Waals surface area contributed by atoms with Crippen LogP contribution in [-0.4, -0.2) is 11.8 Å². The lowest BCUT2D eigenvalue weighted by Crippen LogP contribution is -2.29. The van der Waals surface area contributed by atoms with Gasteiger partial charge in [0.1, 0.15) is 5.58 Å². The van der Waals surface area contributed by atoms with Crippen LogP contribution in [0.1, 0.15) is 22.5 Å². The van der Waals surface area contributed by atoms with Crippen LogP contribution in [0.25, 0.3) is 11.0 Å². The summed E-state index contributed by atoms with van der Waals surface area (Å²) >= 11 is 0. The van der Waals surface area contributed by atoms with E-state index in [1.54, 1.807) is 6.07 Å². The van der Waals surface area contributed by atoms with Crippen molar-refractivity contribution in [2.75, 3.05) is 0 Å². The second kappa shape index (κ2) is 4.44. The monoisotopic (exact) mass is 227 g/mol. The fraction of sp³-hybridized carbons (Fsp3) is 0.214. The van der Waals surface area contributed by atoms with Crippen molar-refractivity contribution in [2.24, 2.45) is 5.73 Å². The maximum Gasteiger partial charge on any atom is 0.215 e. The van der Waals surface area contributed by atoms with Crippen molar-refractivity contribution < 1.29 is 9.21 Å². The van der Waals surface area contributed by atoms with Gasteiger partial charge in [0.15, 0.2) is 5.76 Å². The lowest BCUT2D eigenvalue weighted by atomic mass is 10.1. The van der Waals surface area contributed by atoms with Gasteiger partial charge in [-0.05, 0) is 18.6 Å². The molecule has 1 aromatic carbocycles. The maximum atomic E-state index is 11.9. The number of para-hydroxylation sites is 1. The molecule has 0 fully saturated rings. The number of terminal acetylenes is 1. The zero-order valence-electron chi connectivity index (χ0n) is 9.57. The van der Waals surface area contributed by atoms with Crippen molar-refractivity contribution in [1.29, 1.82) is 0 Å². The summed E-state index contributed by atoms with van der Waals surface area (Å²) in [5.74, 6) is 2.40. The molecule has 0 aliphatic rings. The van der Waals surface area contributed by atoms with Gasteiger partial charge in [-0.25, -0.2) is 0 Å². The molecule has 0 aliphatic carbocycles. The minimum Gasteiger partial charge on any atom is -0.453 e. The molecule has 2 N–H and O–H groups in total. The first-order chi connectivity index (χ1) is 8.13. The van der Waals surface area contributed by atoms with E-state index in [-0.39, 0.29) is 18.0 Å². The smallest absolute Gasteiger partial charge is 0.215 e. The van der Waals surface area contributed by atoms with E-state index in [4.69, 9.17) is 16.6 Å². The molecule has 3 nitrogen and oxygen atoms in total. The molecule has 17 heavy (non-hydrogen) atoms. The average molecular weight is 227 g/mol. The number of Topliss-reactive ketones (excluding diaryl/α,β-unsaturated/α-hetero) is 1. The highest BCUT2D eigenvalue weighted by molar-refractivity contribution is 6.01. The summed E-state index contributed by atoms with van der Waals surface area (Å²) < 4.78 is 5.53. The number of rotatable bonds is 3. The Morgan fingerprint density at radius 3 is 3.00 bits per heavy atom. The van der Waals surface area contributed by atoms with E-state index in [9.17, 15) is 4.79 Å². The van der Waals surface area contributed by atoms with Crippen LogP contribution in [0.2, 0.25) is 0 Å². The predicted octanol–water partition coefficient (Wildman–Crippen LogP) is 2.27. The molecule has 3 heteroatoms. The quantitative estimate of drug-likeness (QED) is 0.646. The van der Waals surface area contributed by atoms with Gasteiger partial charge >= 0.3 is 0 Å². The average Bonchev–Trinajstić information content (AvgIpc) is 2.73. The maximum absolute atomic E-state index is 11.9. The first-order valence-electron chi connectivity index (χ1n) is 5.36. The lowest BCUT2D eigenvalue weighted by Gasteiger charge is -2.03. The van der Waals surface area contributed by atoms with Crippen molar-refractivity contribution >= 4 is 16.8 Å². The molecule has 0 saturated heterocycles. The van der Waals surface area contributed by atoms with Crippen LogP contribution >= 0.6 is 0 Å². The van der Waals surface area contributed by atoms with Gasteiger partial charge < -0.3 is 10.2 Å². The molecule has 1 heterocycles. The van der Waals surface area contributed by atoms with Crippen LogP contribution in [0.3, 0.4) is 0 Å². The molecule has 2 rings (SSSR count). The van der Waals surface area contributed by atoms with Gasteiger partial charge in [0.05, 0.1) is 6.04 Å². The van der Waals surface area contributed by atoms with E-state index in [0.717, 1.165) is 16.5 Å². The molecular weight excluding hydrogens is 214 g/mol. The van der Waals surface area contributed by atoms with Crippen LogP contribution in [-0.2, 0) is 0 Å². The van der Waals surface area contributed by atoms with Crippen molar-refractivity contribution in [2.45, 2.75) is 19.4 Å². The van der Waals surface area contributed by atoms with Crippen molar-refractivity contribution in [1.82, 2.24) is 0 Å². The van der Waals surface area contributed by atoms with Crippen LogP contribution in [0.4, 0.5) is 0 Å². The Morgan fingerprint density at radius 2 is 2.35 bits per heavy atom. The summed E-state index contributed by atoms with van der Waals surface area (Å²) in [5.41, 5.74) is 7.39. The molecule has 0 radical (unpaired) electrons. The van der Waals surface area contributed by atoms with Crippen molar-refractivity contribution in [3.05, 3.63) is 35.6 Å². The van der Waals surface area contributed by atoms with E-state index in [1.807, 2.05) is 25.1 Å². The van der Waals surface area contributed by atoms with E-state index in [2.05, 4.69) is 5.92 Å². The van der Waals surface area contributed by atoms with Crippen LogP contribution in [0.5, 0.6) is 0 Å². The Bertz CT molecular complexity index is 604. The highest BCUT2D eigenvalue weighted by Gasteiger charge is 2.19. The van der Waals surface area contributed by atoms with Crippen LogP contribution < -0.4 is 5.73 Å². The molecule has 86 valence electrons. The Kier molecular flexibility index (Phi) is 2.99. The number of carbonyl (C=O) groups excluding carboxylic acids is 1. The molecule has 0 aliphatic heterocycles. The van der Waals surface area contributed by atoms with Gasteiger partial charge in [-0.2, -0.15) is 0 Å². The minimum atomic E-state index is -0.694. The summed E-state index contributed by atoms with van der Waals surface area (Å²) in [4.78, 5) is 11.9. The summed E-state index contributed by atoms with van der Waals surface area (Å²) in [6.07, 6.45) is 5.35. The number of nitrogens with two attached hydrogens (primary N) is 1. The Hall–Kier alpha value is -2.05. The van der Waals surface area contributed by atoms with Crippen molar-refractivity contribution in [3.8, 4) is 12.3 Å². The molecule has 1 unspecified atom stereocenters. The number of fused-ring (bicyclic) bond motifs is 1. The molecule has 0 bridgehead atoms. The molecular formula is C14H13NO2. The zero-order chi connectivity index (χ0) is 12.4.